The highest BCUT2D eigenvalue weighted by Crippen LogP contribution is 2.27. The molecule has 0 aromatic rings. The van der Waals surface area contributed by atoms with Gasteiger partial charge in [0, 0.05) is 116 Å². The fraction of sp³-hybridized carbons (Fsp3) is 0.889. The van der Waals surface area contributed by atoms with Crippen LogP contribution in [0.5, 0.6) is 0 Å². The van der Waals surface area contributed by atoms with Crippen LogP contribution in [0.4, 0.5) is 0 Å². The highest BCUT2D eigenvalue weighted by molar-refractivity contribution is 5.84. The number of rotatable bonds is 62. The fourth-order valence-electron chi connectivity index (χ4n) is 11.6. The maximum absolute atomic E-state index is 13.9. The molecule has 0 aromatic carbocycles. The van der Waals surface area contributed by atoms with Crippen LogP contribution in [0.15, 0.2) is 0 Å². The molecule has 36 heteroatoms. The molecule has 3 aliphatic heterocycles. The largest absolute Gasteiger partial charge is 0.394 e. The lowest BCUT2D eigenvalue weighted by Crippen LogP contribution is -2.59. The molecule has 0 aliphatic carbocycles. The van der Waals surface area contributed by atoms with Gasteiger partial charge in [0.05, 0.1) is 59.5 Å². The molecule has 3 heterocycles. The van der Waals surface area contributed by atoms with Crippen molar-refractivity contribution >= 4 is 47.1 Å². The lowest BCUT2D eigenvalue weighted by Gasteiger charge is -2.39. The van der Waals surface area contributed by atoms with Gasteiger partial charge < -0.3 is 141 Å². The Hall–Kier alpha value is -4.88. The van der Waals surface area contributed by atoms with E-state index >= 15 is 0 Å². The van der Waals surface area contributed by atoms with Crippen LogP contribution in [0.1, 0.15) is 188 Å². The minimum Gasteiger partial charge on any atom is -0.394 e. The molecule has 0 bridgehead atoms. The van der Waals surface area contributed by atoms with E-state index in [-0.39, 0.29) is 196 Å². The van der Waals surface area contributed by atoms with Crippen LogP contribution >= 0.6 is 0 Å². The molecule has 628 valence electrons. The summed E-state index contributed by atoms with van der Waals surface area (Å²) in [5, 5.41) is 138. The number of nitrogens with one attached hydrogen (secondary N) is 7. The summed E-state index contributed by atoms with van der Waals surface area (Å²) in [6, 6.07) is 0. The van der Waals surface area contributed by atoms with Crippen LogP contribution in [0.3, 0.4) is 0 Å². The molecule has 3 saturated heterocycles. The van der Waals surface area contributed by atoms with Crippen molar-refractivity contribution in [2.75, 3.05) is 119 Å². The van der Waals surface area contributed by atoms with Gasteiger partial charge in [0.15, 0.2) is 18.9 Å². The summed E-state index contributed by atoms with van der Waals surface area (Å²) in [6.07, 6.45) is -8.59. The second kappa shape index (κ2) is 56.4. The second-order valence-corrected chi connectivity index (χ2v) is 28.5. The number of carbonyl (C=O) groups excluding carboxylic acids is 8. The van der Waals surface area contributed by atoms with Crippen molar-refractivity contribution in [2.45, 2.75) is 285 Å². The van der Waals surface area contributed by atoms with E-state index in [1.807, 2.05) is 20.8 Å². The van der Waals surface area contributed by atoms with Gasteiger partial charge in [-0.1, -0.05) is 59.3 Å². The average Bonchev–Trinajstić information content (AvgIpc) is 0.846. The number of amides is 7. The topological polar surface area (TPSA) is 547 Å². The van der Waals surface area contributed by atoms with Gasteiger partial charge in [-0.05, 0) is 77.0 Å². The third kappa shape index (κ3) is 39.5. The first-order valence-electron chi connectivity index (χ1n) is 38.7. The lowest BCUT2D eigenvalue weighted by molar-refractivity contribution is -0.301. The quantitative estimate of drug-likeness (QED) is 0.0267. The Morgan fingerprint density at radius 3 is 0.861 bits per heavy atom. The molecular weight excluding hydrogens is 1430 g/mol. The molecule has 9 unspecified atom stereocenters. The molecule has 0 saturated carbocycles. The first-order chi connectivity index (χ1) is 51.7. The number of ketones is 1. The van der Waals surface area contributed by atoms with E-state index in [9.17, 15) is 99.6 Å². The molecule has 7 amide bonds. The lowest BCUT2D eigenvalue weighted by atomic mass is 9.83. The maximum Gasteiger partial charge on any atom is 0.222 e. The van der Waals surface area contributed by atoms with E-state index in [2.05, 4.69) is 37.2 Å². The smallest absolute Gasteiger partial charge is 0.222 e. The van der Waals surface area contributed by atoms with Crippen LogP contribution in [0.25, 0.3) is 0 Å². The summed E-state index contributed by atoms with van der Waals surface area (Å²) in [7, 11) is 0. The summed E-state index contributed by atoms with van der Waals surface area (Å²) < 4.78 is 50.7. The fourth-order valence-corrected chi connectivity index (χ4v) is 11.6. The highest BCUT2D eigenvalue weighted by atomic mass is 16.7. The predicted octanol–water partition coefficient (Wildman–Crippen LogP) is -3.20. The summed E-state index contributed by atoms with van der Waals surface area (Å²) in [4.78, 5) is 103. The van der Waals surface area contributed by atoms with Crippen LogP contribution < -0.4 is 37.2 Å². The number of aliphatic hydroxyl groups excluding tert-OH is 12. The van der Waals surface area contributed by atoms with Gasteiger partial charge in [0.1, 0.15) is 84.6 Å². The molecule has 0 radical (unpaired) electrons. The zero-order valence-corrected chi connectivity index (χ0v) is 63.6. The van der Waals surface area contributed by atoms with E-state index in [1.54, 1.807) is 0 Å². The first-order valence-corrected chi connectivity index (χ1v) is 38.7. The zero-order valence-electron chi connectivity index (χ0n) is 63.6. The molecule has 3 aliphatic rings. The van der Waals surface area contributed by atoms with Gasteiger partial charge >= 0.3 is 0 Å². The molecule has 0 aromatic heterocycles. The number of carbonyl (C=O) groups is 8. The summed E-state index contributed by atoms with van der Waals surface area (Å²) in [5.41, 5.74) is -1.71. The van der Waals surface area contributed by atoms with Crippen molar-refractivity contribution in [1.82, 2.24) is 37.2 Å². The number of ether oxygens (including phenoxy) is 9. The Morgan fingerprint density at radius 1 is 0.315 bits per heavy atom. The third-order valence-corrected chi connectivity index (χ3v) is 18.9. The van der Waals surface area contributed by atoms with Crippen LogP contribution in [0, 0.1) is 5.41 Å². The zero-order chi connectivity index (χ0) is 79.7. The van der Waals surface area contributed by atoms with Gasteiger partial charge in [0.25, 0.3) is 0 Å². The van der Waals surface area contributed by atoms with Crippen molar-refractivity contribution in [2.24, 2.45) is 5.41 Å². The van der Waals surface area contributed by atoms with E-state index < -0.39 is 117 Å². The van der Waals surface area contributed by atoms with Crippen molar-refractivity contribution in [3.63, 3.8) is 0 Å². The molecular formula is C72H131N7O29. The van der Waals surface area contributed by atoms with Gasteiger partial charge in [-0.2, -0.15) is 0 Å². The predicted molar refractivity (Wildman–Crippen MR) is 385 cm³/mol. The molecule has 36 nitrogen and oxygen atoms in total. The number of Topliss-reactive ketones (excluding diaryl/α,β-unsaturated/α-hetero) is 1. The molecule has 0 spiro atoms. The minimum atomic E-state index is -1.57. The summed E-state index contributed by atoms with van der Waals surface area (Å²) in [5.74, 6) is -1.85. The van der Waals surface area contributed by atoms with E-state index in [0.29, 0.717) is 70.6 Å². The average molecular weight is 1560 g/mol. The van der Waals surface area contributed by atoms with Gasteiger partial charge in [-0.15, -0.1) is 0 Å². The molecule has 19 N–H and O–H groups in total. The van der Waals surface area contributed by atoms with E-state index in [4.69, 9.17) is 42.6 Å². The maximum atomic E-state index is 13.9. The molecule has 3 fully saturated rings. The molecule has 3 rings (SSSR count). The molecule has 15 atom stereocenters. The second-order valence-electron chi connectivity index (χ2n) is 28.5. The number of hydrogen-bond donors (Lipinski definition) is 19. The van der Waals surface area contributed by atoms with Crippen molar-refractivity contribution in [3.05, 3.63) is 0 Å². The van der Waals surface area contributed by atoms with Gasteiger partial charge in [0.2, 0.25) is 41.4 Å². The van der Waals surface area contributed by atoms with E-state index in [0.717, 1.165) is 51.4 Å². The first kappa shape index (κ1) is 97.3. The van der Waals surface area contributed by atoms with Crippen LogP contribution in [-0.2, 0) is 81.0 Å². The highest BCUT2D eigenvalue weighted by Gasteiger charge is 2.46. The Morgan fingerprint density at radius 2 is 0.574 bits per heavy atom. The Bertz CT molecular complexity index is 2300. The number of aliphatic hydroxyl groups is 12. The van der Waals surface area contributed by atoms with Crippen molar-refractivity contribution in [3.8, 4) is 0 Å². The van der Waals surface area contributed by atoms with E-state index in [1.165, 1.54) is 0 Å². The monoisotopic (exact) mass is 1560 g/mol. The Balaban J connectivity index is 1.54. The normalized spacial score (nSPS) is 25.0. The van der Waals surface area contributed by atoms with Gasteiger partial charge in [-0.25, -0.2) is 0 Å². The SMILES string of the molecule is CCC(C)(C)C(=O)CCCCCCCCCCC(=O)NC(COCCC(=O)NCCCNC(=O)CCCCO[C@H]1OC(CO)[C@@H](O)C(O)C1O)(COCCC(=O)NCCCNC(=O)CCCCO[C@H]1OC(CO)[C@@H](O)C(O)C1O)COCCC(=O)NCCCNC(=O)CCCCO[C@H]1OC(CO)[C@@H](O)C(O)C1O. The Labute approximate surface area is 633 Å². The summed E-state index contributed by atoms with van der Waals surface area (Å²) >= 11 is 0. The minimum absolute atomic E-state index is 0.0696. The standard InChI is InChI=1S/C72H131N7O29/c1-4-71(2,3)51(83)22-11-9-7-5-6-8-10-12-26-58(90)79-72(45-100-39-27-55(87)76-33-19-30-73-52(84)23-13-16-36-103-68-65(97)62(94)59(91)48(42-80)106-68,46-101-40-28-56(88)77-34-20-31-74-53(85)24-14-17-37-104-69-66(98)63(95)60(92)49(43-81)107-69)47-102-41-29-57(89)78-35-21-32-75-54(86)25-15-18-38-105-70-67(99)64(96)61(93)50(44-82)108-70/h48-50,59-70,80-82,91-99H,4-47H2,1-3H3,(H,73,84)(H,74,85)(H,75,86)(H,76,87)(H,77,88)(H,78,89)(H,79,90)/t48?,49?,50?,59-,60-,61-,62?,63?,64?,65?,66?,67?,68+,69+,70+,72?/m1/s1. The van der Waals surface area contributed by atoms with Crippen molar-refractivity contribution in [1.29, 1.82) is 0 Å². The Kier molecular flexibility index (Phi) is 50.8. The van der Waals surface area contributed by atoms with Crippen LogP contribution in [0.2, 0.25) is 0 Å². The van der Waals surface area contributed by atoms with Crippen LogP contribution in [-0.4, -0.2) is 325 Å². The van der Waals surface area contributed by atoms with Gasteiger partial charge in [-0.3, -0.25) is 38.4 Å². The van der Waals surface area contributed by atoms with Crippen molar-refractivity contribution < 1.29 is 142 Å². The number of unbranched alkanes of at least 4 members (excludes halogenated alkanes) is 10. The number of hydrogen-bond acceptors (Lipinski definition) is 29. The summed E-state index contributed by atoms with van der Waals surface area (Å²) in [6.45, 7) is 4.89. The third-order valence-electron chi connectivity index (χ3n) is 18.9. The molecule has 108 heavy (non-hydrogen) atoms.